The van der Waals surface area contributed by atoms with Crippen molar-refractivity contribution in [3.8, 4) is 6.07 Å². The van der Waals surface area contributed by atoms with Gasteiger partial charge in [-0.25, -0.2) is 9.78 Å². The third kappa shape index (κ3) is 4.78. The maximum absolute atomic E-state index is 12.2. The Kier molecular flexibility index (Phi) is 6.08. The Morgan fingerprint density at radius 1 is 1.36 bits per heavy atom. The van der Waals surface area contributed by atoms with Gasteiger partial charge in [0.2, 0.25) is 0 Å². The second-order valence-corrected chi connectivity index (χ2v) is 6.11. The van der Waals surface area contributed by atoms with E-state index in [0.29, 0.717) is 12.1 Å². The molecule has 0 aliphatic heterocycles. The van der Waals surface area contributed by atoms with Crippen LogP contribution >= 0.6 is 15.9 Å². The van der Waals surface area contributed by atoms with Gasteiger partial charge in [0, 0.05) is 23.6 Å². The molecule has 7 nitrogen and oxygen atoms in total. The Balaban J connectivity index is 2.23. The van der Waals surface area contributed by atoms with E-state index in [2.05, 4.69) is 26.2 Å². The van der Waals surface area contributed by atoms with Crippen LogP contribution in [0.15, 0.2) is 41.0 Å². The number of aromatic nitrogens is 1. The number of carboxylic acid groups (broad SMARTS) is 1. The molecule has 2 N–H and O–H groups in total. The summed E-state index contributed by atoms with van der Waals surface area (Å²) in [5, 5.41) is 20.7. The minimum absolute atomic E-state index is 0.0472. The highest BCUT2D eigenvalue weighted by atomic mass is 79.9. The molecule has 2 aromatic rings. The van der Waals surface area contributed by atoms with Crippen LogP contribution in [0.1, 0.15) is 27.1 Å². The fraction of sp³-hybridized carbons (Fsp3) is 0.176. The van der Waals surface area contributed by atoms with Gasteiger partial charge in [0.25, 0.3) is 5.91 Å². The van der Waals surface area contributed by atoms with Crippen molar-refractivity contribution in [1.82, 2.24) is 4.98 Å². The zero-order valence-corrected chi connectivity index (χ0v) is 14.9. The monoisotopic (exact) mass is 402 g/mol. The van der Waals surface area contributed by atoms with Gasteiger partial charge in [0.1, 0.15) is 11.4 Å². The molecule has 0 saturated heterocycles. The number of benzene rings is 1. The standard InChI is InChI=1S/C17H15BrN4O3/c1-22(8-2-7-19)15-14(17(24)25)9-13(10-20-15)21-16(23)11-3-5-12(18)6-4-11/h3-6,9-10H,2,8H2,1H3,(H,21,23)(H,24,25). The van der Waals surface area contributed by atoms with Crippen LogP contribution in [-0.4, -0.2) is 35.6 Å². The van der Waals surface area contributed by atoms with Gasteiger partial charge in [-0.15, -0.1) is 0 Å². The number of amides is 1. The summed E-state index contributed by atoms with van der Waals surface area (Å²) >= 11 is 3.29. The van der Waals surface area contributed by atoms with E-state index in [1.807, 2.05) is 6.07 Å². The minimum Gasteiger partial charge on any atom is -0.478 e. The van der Waals surface area contributed by atoms with Crippen LogP contribution in [0.3, 0.4) is 0 Å². The summed E-state index contributed by atoms with van der Waals surface area (Å²) in [5.41, 5.74) is 0.673. The first kappa shape index (κ1) is 18.4. The van der Waals surface area contributed by atoms with E-state index in [-0.39, 0.29) is 29.4 Å². The van der Waals surface area contributed by atoms with Gasteiger partial charge in [0.05, 0.1) is 24.4 Å². The van der Waals surface area contributed by atoms with Crippen LogP contribution in [0, 0.1) is 11.3 Å². The first-order chi connectivity index (χ1) is 11.9. The Morgan fingerprint density at radius 2 is 2.04 bits per heavy atom. The summed E-state index contributed by atoms with van der Waals surface area (Å²) < 4.78 is 0.851. The molecule has 0 spiro atoms. The topological polar surface area (TPSA) is 106 Å². The molecular formula is C17H15BrN4O3. The third-order valence-electron chi connectivity index (χ3n) is 3.38. The van der Waals surface area contributed by atoms with Crippen LogP contribution in [-0.2, 0) is 0 Å². The molecule has 0 fully saturated rings. The van der Waals surface area contributed by atoms with Crippen LogP contribution in [0.25, 0.3) is 0 Å². The zero-order chi connectivity index (χ0) is 18.4. The summed E-state index contributed by atoms with van der Waals surface area (Å²) in [5.74, 6) is -1.29. The van der Waals surface area contributed by atoms with Crippen molar-refractivity contribution in [3.05, 3.63) is 52.1 Å². The van der Waals surface area contributed by atoms with Gasteiger partial charge in [-0.3, -0.25) is 4.79 Å². The molecular weight excluding hydrogens is 388 g/mol. The smallest absolute Gasteiger partial charge is 0.339 e. The number of carbonyl (C=O) groups excluding carboxylic acids is 1. The van der Waals surface area contributed by atoms with E-state index in [4.69, 9.17) is 5.26 Å². The van der Waals surface area contributed by atoms with Crippen LogP contribution in [0.5, 0.6) is 0 Å². The largest absolute Gasteiger partial charge is 0.478 e. The van der Waals surface area contributed by atoms with E-state index in [0.717, 1.165) is 4.47 Å². The first-order valence-electron chi connectivity index (χ1n) is 7.30. The van der Waals surface area contributed by atoms with E-state index in [9.17, 15) is 14.7 Å². The predicted octanol–water partition coefficient (Wildman–Crippen LogP) is 3.14. The summed E-state index contributed by atoms with van der Waals surface area (Å²) in [6.45, 7) is 0.356. The summed E-state index contributed by atoms with van der Waals surface area (Å²) in [6.07, 6.45) is 1.64. The number of nitrogens with one attached hydrogen (secondary N) is 1. The molecule has 128 valence electrons. The highest BCUT2D eigenvalue weighted by Crippen LogP contribution is 2.21. The van der Waals surface area contributed by atoms with Gasteiger partial charge >= 0.3 is 5.97 Å². The van der Waals surface area contributed by atoms with Gasteiger partial charge in [0.15, 0.2) is 0 Å². The average Bonchev–Trinajstić information content (AvgIpc) is 2.60. The second kappa shape index (κ2) is 8.26. The van der Waals surface area contributed by atoms with Crippen molar-refractivity contribution in [3.63, 3.8) is 0 Å². The van der Waals surface area contributed by atoms with Gasteiger partial charge in [-0.2, -0.15) is 5.26 Å². The normalized spacial score (nSPS) is 9.96. The van der Waals surface area contributed by atoms with E-state index < -0.39 is 5.97 Å². The highest BCUT2D eigenvalue weighted by molar-refractivity contribution is 9.10. The van der Waals surface area contributed by atoms with Gasteiger partial charge in [-0.1, -0.05) is 15.9 Å². The predicted molar refractivity (Wildman–Crippen MR) is 96.8 cm³/mol. The molecule has 25 heavy (non-hydrogen) atoms. The van der Waals surface area contributed by atoms with Crippen molar-refractivity contribution >= 4 is 39.3 Å². The number of halogens is 1. The molecule has 1 aromatic heterocycles. The SMILES string of the molecule is CN(CCC#N)c1ncc(NC(=O)c2ccc(Br)cc2)cc1C(=O)O. The van der Waals surface area contributed by atoms with Crippen LogP contribution < -0.4 is 10.2 Å². The van der Waals surface area contributed by atoms with Crippen molar-refractivity contribution in [2.24, 2.45) is 0 Å². The van der Waals surface area contributed by atoms with E-state index >= 15 is 0 Å². The summed E-state index contributed by atoms with van der Waals surface area (Å²) in [6, 6.07) is 10.1. The second-order valence-electron chi connectivity index (χ2n) is 5.19. The molecule has 2 rings (SSSR count). The van der Waals surface area contributed by atoms with Crippen molar-refractivity contribution in [2.45, 2.75) is 6.42 Å². The summed E-state index contributed by atoms with van der Waals surface area (Å²) in [7, 11) is 1.66. The number of aromatic carboxylic acids is 1. The molecule has 0 aliphatic rings. The average molecular weight is 403 g/mol. The lowest BCUT2D eigenvalue weighted by Crippen LogP contribution is -2.22. The van der Waals surface area contributed by atoms with Crippen LogP contribution in [0.2, 0.25) is 0 Å². The zero-order valence-electron chi connectivity index (χ0n) is 13.4. The molecule has 1 aromatic carbocycles. The van der Waals surface area contributed by atoms with E-state index in [1.54, 1.807) is 36.2 Å². The number of carboxylic acids is 1. The quantitative estimate of drug-likeness (QED) is 0.768. The number of carbonyl (C=O) groups is 2. The lowest BCUT2D eigenvalue weighted by Gasteiger charge is -2.19. The third-order valence-corrected chi connectivity index (χ3v) is 3.91. The lowest BCUT2D eigenvalue weighted by molar-refractivity contribution is 0.0697. The Bertz CT molecular complexity index is 831. The Labute approximate surface area is 153 Å². The van der Waals surface area contributed by atoms with Crippen molar-refractivity contribution < 1.29 is 14.7 Å². The number of hydrogen-bond acceptors (Lipinski definition) is 5. The molecule has 1 heterocycles. The molecule has 0 radical (unpaired) electrons. The molecule has 0 bridgehead atoms. The number of nitriles is 1. The highest BCUT2D eigenvalue weighted by Gasteiger charge is 2.17. The maximum Gasteiger partial charge on any atom is 0.339 e. The number of nitrogens with zero attached hydrogens (tertiary/aromatic N) is 3. The number of anilines is 2. The maximum atomic E-state index is 12.2. The van der Waals surface area contributed by atoms with E-state index in [1.165, 1.54) is 12.3 Å². The molecule has 8 heteroatoms. The molecule has 0 saturated carbocycles. The first-order valence-corrected chi connectivity index (χ1v) is 8.10. The molecule has 0 aliphatic carbocycles. The Morgan fingerprint density at radius 3 is 2.64 bits per heavy atom. The number of pyridine rings is 1. The number of rotatable bonds is 6. The lowest BCUT2D eigenvalue weighted by atomic mass is 10.2. The van der Waals surface area contributed by atoms with Crippen molar-refractivity contribution in [2.75, 3.05) is 23.8 Å². The van der Waals surface area contributed by atoms with Gasteiger partial charge < -0.3 is 15.3 Å². The van der Waals surface area contributed by atoms with Crippen molar-refractivity contribution in [1.29, 1.82) is 5.26 Å². The summed E-state index contributed by atoms with van der Waals surface area (Å²) in [4.78, 5) is 29.4. The minimum atomic E-state index is -1.16. The molecule has 0 atom stereocenters. The van der Waals surface area contributed by atoms with Crippen LogP contribution in [0.4, 0.5) is 11.5 Å². The Hall–Kier alpha value is -2.92. The fourth-order valence-corrected chi connectivity index (χ4v) is 2.38. The number of hydrogen-bond donors (Lipinski definition) is 2. The molecule has 1 amide bonds. The fourth-order valence-electron chi connectivity index (χ4n) is 2.12. The van der Waals surface area contributed by atoms with Gasteiger partial charge in [-0.05, 0) is 30.3 Å². The molecule has 0 unspecified atom stereocenters.